The molecule has 1 N–H and O–H groups in total. The molecule has 0 aliphatic heterocycles. The lowest BCUT2D eigenvalue weighted by Crippen LogP contribution is -1.81. The van der Waals surface area contributed by atoms with E-state index in [1.165, 1.54) is 0 Å². The predicted molar refractivity (Wildman–Crippen MR) is 78.8 cm³/mol. The minimum Gasteiger partial charge on any atom is -0.508 e. The first kappa shape index (κ1) is 11.5. The maximum absolute atomic E-state index is 9.25. The standard InChI is InChI=1S/C17H13NO/c19-15-9-6-13(7-10-15)5-8-14-11-12-18-17-4-2-1-3-16(14)17/h1-12,19H. The molecule has 0 radical (unpaired) electrons. The molecule has 19 heavy (non-hydrogen) atoms. The summed E-state index contributed by atoms with van der Waals surface area (Å²) in [5, 5.41) is 10.4. The Labute approximate surface area is 111 Å². The first-order chi connectivity index (χ1) is 9.33. The van der Waals surface area contributed by atoms with Gasteiger partial charge in [0.2, 0.25) is 0 Å². The molecule has 92 valence electrons. The van der Waals surface area contributed by atoms with Crippen molar-refractivity contribution in [3.8, 4) is 5.75 Å². The number of phenolic OH excluding ortho intramolecular Hbond substituents is 1. The number of aromatic hydroxyl groups is 1. The van der Waals surface area contributed by atoms with Crippen molar-refractivity contribution in [3.05, 3.63) is 71.9 Å². The van der Waals surface area contributed by atoms with Gasteiger partial charge in [-0.05, 0) is 35.4 Å². The second-order valence-corrected chi connectivity index (χ2v) is 4.34. The Kier molecular flexibility index (Phi) is 2.99. The number of fused-ring (bicyclic) bond motifs is 1. The van der Waals surface area contributed by atoms with Gasteiger partial charge in [-0.25, -0.2) is 0 Å². The number of para-hydroxylation sites is 1. The van der Waals surface area contributed by atoms with E-state index in [1.807, 2.05) is 48.7 Å². The van der Waals surface area contributed by atoms with Gasteiger partial charge >= 0.3 is 0 Å². The monoisotopic (exact) mass is 247 g/mol. The Morgan fingerprint density at radius 1 is 0.842 bits per heavy atom. The van der Waals surface area contributed by atoms with Gasteiger partial charge in [0.1, 0.15) is 5.75 Å². The van der Waals surface area contributed by atoms with Gasteiger partial charge in [0, 0.05) is 11.6 Å². The second-order valence-electron chi connectivity index (χ2n) is 4.34. The summed E-state index contributed by atoms with van der Waals surface area (Å²) < 4.78 is 0. The number of hydrogen-bond acceptors (Lipinski definition) is 2. The molecular weight excluding hydrogens is 234 g/mol. The Hall–Kier alpha value is -2.61. The van der Waals surface area contributed by atoms with E-state index in [9.17, 15) is 5.11 Å². The molecule has 1 aromatic heterocycles. The van der Waals surface area contributed by atoms with E-state index in [0.717, 1.165) is 22.0 Å². The maximum Gasteiger partial charge on any atom is 0.115 e. The van der Waals surface area contributed by atoms with Crippen molar-refractivity contribution in [1.29, 1.82) is 0 Å². The van der Waals surface area contributed by atoms with E-state index in [2.05, 4.69) is 17.1 Å². The molecule has 0 aliphatic carbocycles. The fourth-order valence-corrected chi connectivity index (χ4v) is 2.03. The van der Waals surface area contributed by atoms with Crippen molar-refractivity contribution in [2.75, 3.05) is 0 Å². The molecule has 3 aromatic rings. The number of hydrogen-bond donors (Lipinski definition) is 1. The normalized spacial score (nSPS) is 11.2. The Balaban J connectivity index is 1.99. The first-order valence-corrected chi connectivity index (χ1v) is 6.14. The van der Waals surface area contributed by atoms with Crippen LogP contribution in [0.1, 0.15) is 11.1 Å². The average molecular weight is 247 g/mol. The highest BCUT2D eigenvalue weighted by atomic mass is 16.3. The highest BCUT2D eigenvalue weighted by molar-refractivity contribution is 5.90. The number of benzene rings is 2. The van der Waals surface area contributed by atoms with Crippen molar-refractivity contribution in [2.45, 2.75) is 0 Å². The zero-order valence-electron chi connectivity index (χ0n) is 10.3. The highest BCUT2D eigenvalue weighted by Gasteiger charge is 1.97. The van der Waals surface area contributed by atoms with Crippen molar-refractivity contribution in [2.24, 2.45) is 0 Å². The summed E-state index contributed by atoms with van der Waals surface area (Å²) >= 11 is 0. The van der Waals surface area contributed by atoms with Crippen LogP contribution in [0.5, 0.6) is 5.75 Å². The number of nitrogens with zero attached hydrogens (tertiary/aromatic N) is 1. The lowest BCUT2D eigenvalue weighted by molar-refractivity contribution is 0.475. The minimum absolute atomic E-state index is 0.284. The van der Waals surface area contributed by atoms with Crippen molar-refractivity contribution < 1.29 is 5.11 Å². The summed E-state index contributed by atoms with van der Waals surface area (Å²) in [5.74, 6) is 0.284. The summed E-state index contributed by atoms with van der Waals surface area (Å²) in [6.45, 7) is 0. The number of aromatic nitrogens is 1. The molecule has 1 heterocycles. The topological polar surface area (TPSA) is 33.1 Å². The Morgan fingerprint density at radius 3 is 2.47 bits per heavy atom. The zero-order chi connectivity index (χ0) is 13.1. The van der Waals surface area contributed by atoms with E-state index >= 15 is 0 Å². The summed E-state index contributed by atoms with van der Waals surface area (Å²) in [7, 11) is 0. The lowest BCUT2D eigenvalue weighted by Gasteiger charge is -2.01. The molecule has 0 bridgehead atoms. The van der Waals surface area contributed by atoms with Crippen LogP contribution in [0.4, 0.5) is 0 Å². The molecule has 2 nitrogen and oxygen atoms in total. The van der Waals surface area contributed by atoms with Gasteiger partial charge in [-0.1, -0.05) is 42.5 Å². The van der Waals surface area contributed by atoms with E-state index < -0.39 is 0 Å². The van der Waals surface area contributed by atoms with Crippen LogP contribution in [0.15, 0.2) is 60.8 Å². The lowest BCUT2D eigenvalue weighted by atomic mass is 10.1. The average Bonchev–Trinajstić information content (AvgIpc) is 2.47. The van der Waals surface area contributed by atoms with Gasteiger partial charge in [-0.3, -0.25) is 4.98 Å². The molecule has 0 aliphatic rings. The number of phenols is 1. The Morgan fingerprint density at radius 2 is 1.63 bits per heavy atom. The van der Waals surface area contributed by atoms with Crippen LogP contribution < -0.4 is 0 Å². The van der Waals surface area contributed by atoms with E-state index in [0.29, 0.717) is 0 Å². The molecule has 2 aromatic carbocycles. The van der Waals surface area contributed by atoms with Crippen LogP contribution in [-0.4, -0.2) is 10.1 Å². The summed E-state index contributed by atoms with van der Waals surface area (Å²) in [5.41, 5.74) is 3.19. The van der Waals surface area contributed by atoms with Crippen molar-refractivity contribution in [3.63, 3.8) is 0 Å². The molecule has 0 amide bonds. The van der Waals surface area contributed by atoms with Crippen LogP contribution in [0.25, 0.3) is 23.1 Å². The summed E-state index contributed by atoms with van der Waals surface area (Å²) in [6, 6.07) is 17.2. The van der Waals surface area contributed by atoms with E-state index in [1.54, 1.807) is 12.1 Å². The summed E-state index contributed by atoms with van der Waals surface area (Å²) in [4.78, 5) is 4.34. The van der Waals surface area contributed by atoms with Crippen LogP contribution in [0, 0.1) is 0 Å². The molecular formula is C17H13NO. The predicted octanol–water partition coefficient (Wildman–Crippen LogP) is 4.11. The van der Waals surface area contributed by atoms with Crippen LogP contribution in [-0.2, 0) is 0 Å². The second kappa shape index (κ2) is 4.94. The van der Waals surface area contributed by atoms with Gasteiger partial charge in [-0.2, -0.15) is 0 Å². The highest BCUT2D eigenvalue weighted by Crippen LogP contribution is 2.19. The molecule has 3 rings (SSSR count). The number of rotatable bonds is 2. The fourth-order valence-electron chi connectivity index (χ4n) is 2.03. The molecule has 0 saturated heterocycles. The summed E-state index contributed by atoms with van der Waals surface area (Å²) in [6.07, 6.45) is 5.91. The third kappa shape index (κ3) is 2.47. The third-order valence-corrected chi connectivity index (χ3v) is 3.03. The molecule has 2 heteroatoms. The zero-order valence-corrected chi connectivity index (χ0v) is 10.3. The van der Waals surface area contributed by atoms with Gasteiger partial charge < -0.3 is 5.11 Å². The Bertz CT molecular complexity index is 724. The van der Waals surface area contributed by atoms with Crippen LogP contribution in [0.3, 0.4) is 0 Å². The fraction of sp³-hybridized carbons (Fsp3) is 0. The molecule has 0 unspecified atom stereocenters. The minimum atomic E-state index is 0.284. The maximum atomic E-state index is 9.25. The van der Waals surface area contributed by atoms with Gasteiger partial charge in [-0.15, -0.1) is 0 Å². The van der Waals surface area contributed by atoms with E-state index in [4.69, 9.17) is 0 Å². The smallest absolute Gasteiger partial charge is 0.115 e. The van der Waals surface area contributed by atoms with Crippen molar-refractivity contribution in [1.82, 2.24) is 4.98 Å². The molecule has 0 spiro atoms. The van der Waals surface area contributed by atoms with Gasteiger partial charge in [0.05, 0.1) is 5.52 Å². The quantitative estimate of drug-likeness (QED) is 0.739. The molecule has 0 atom stereocenters. The van der Waals surface area contributed by atoms with Gasteiger partial charge in [0.25, 0.3) is 0 Å². The van der Waals surface area contributed by atoms with Crippen LogP contribution in [0.2, 0.25) is 0 Å². The third-order valence-electron chi connectivity index (χ3n) is 3.03. The van der Waals surface area contributed by atoms with Gasteiger partial charge in [0.15, 0.2) is 0 Å². The molecule has 0 saturated carbocycles. The first-order valence-electron chi connectivity index (χ1n) is 6.14. The number of pyridine rings is 1. The molecule has 0 fully saturated rings. The van der Waals surface area contributed by atoms with Crippen molar-refractivity contribution >= 4 is 23.1 Å². The van der Waals surface area contributed by atoms with E-state index in [-0.39, 0.29) is 5.75 Å². The van der Waals surface area contributed by atoms with Crippen LogP contribution >= 0.6 is 0 Å². The SMILES string of the molecule is Oc1ccc(C=Cc2ccnc3ccccc23)cc1. The largest absolute Gasteiger partial charge is 0.508 e.